The lowest BCUT2D eigenvalue weighted by Gasteiger charge is -2.13. The van der Waals surface area contributed by atoms with Gasteiger partial charge >= 0.3 is 0 Å². The highest BCUT2D eigenvalue weighted by Gasteiger charge is 2.10. The first kappa shape index (κ1) is 21.0. The Hall–Kier alpha value is -4.26. The monoisotopic (exact) mass is 426 g/mol. The zero-order valence-corrected chi connectivity index (χ0v) is 17.6. The molecule has 0 aliphatic rings. The number of pyridine rings is 1. The van der Waals surface area contributed by atoms with Crippen molar-refractivity contribution in [2.75, 3.05) is 7.11 Å². The van der Waals surface area contributed by atoms with E-state index in [9.17, 15) is 4.79 Å². The van der Waals surface area contributed by atoms with Crippen LogP contribution in [0.3, 0.4) is 0 Å². The number of carbonyl (C=O) groups is 1. The highest BCUT2D eigenvalue weighted by molar-refractivity contribution is 5.93. The highest BCUT2D eigenvalue weighted by atomic mass is 16.5. The Balaban J connectivity index is 1.36. The lowest BCUT2D eigenvalue weighted by Crippen LogP contribution is -2.23. The van der Waals surface area contributed by atoms with Gasteiger partial charge in [-0.2, -0.15) is 0 Å². The van der Waals surface area contributed by atoms with Gasteiger partial charge in [0.05, 0.1) is 12.7 Å². The summed E-state index contributed by atoms with van der Waals surface area (Å²) in [6, 6.07) is 19.0. The molecule has 7 nitrogen and oxygen atoms in total. The minimum Gasteiger partial charge on any atom is -0.493 e. The van der Waals surface area contributed by atoms with Gasteiger partial charge in [0, 0.05) is 36.9 Å². The van der Waals surface area contributed by atoms with Crippen LogP contribution in [-0.2, 0) is 13.2 Å². The van der Waals surface area contributed by atoms with E-state index in [2.05, 4.69) is 20.3 Å². The molecule has 0 atom stereocenters. The van der Waals surface area contributed by atoms with Crippen molar-refractivity contribution in [2.24, 2.45) is 0 Å². The molecule has 0 radical (unpaired) electrons. The normalized spacial score (nSPS) is 10.4. The van der Waals surface area contributed by atoms with E-state index in [4.69, 9.17) is 9.47 Å². The first-order chi connectivity index (χ1) is 15.7. The summed E-state index contributed by atoms with van der Waals surface area (Å²) in [5, 5.41) is 2.88. The molecule has 4 aromatic rings. The van der Waals surface area contributed by atoms with Gasteiger partial charge < -0.3 is 14.8 Å². The van der Waals surface area contributed by atoms with E-state index in [1.807, 2.05) is 60.7 Å². The Labute approximate surface area is 186 Å². The van der Waals surface area contributed by atoms with E-state index >= 15 is 0 Å². The van der Waals surface area contributed by atoms with Crippen molar-refractivity contribution < 1.29 is 14.3 Å². The van der Waals surface area contributed by atoms with Crippen LogP contribution in [0, 0.1) is 0 Å². The number of benzene rings is 2. The van der Waals surface area contributed by atoms with Crippen LogP contribution in [0.4, 0.5) is 0 Å². The zero-order valence-electron chi connectivity index (χ0n) is 17.6. The largest absolute Gasteiger partial charge is 0.493 e. The summed E-state index contributed by atoms with van der Waals surface area (Å²) in [5.74, 6) is 1.56. The maximum absolute atomic E-state index is 12.5. The van der Waals surface area contributed by atoms with Gasteiger partial charge in [0.15, 0.2) is 17.3 Å². The van der Waals surface area contributed by atoms with Crippen molar-refractivity contribution in [1.82, 2.24) is 20.3 Å². The van der Waals surface area contributed by atoms with Crippen LogP contribution in [-0.4, -0.2) is 28.0 Å². The van der Waals surface area contributed by atoms with E-state index in [0.29, 0.717) is 36.0 Å². The third kappa shape index (κ3) is 5.26. The van der Waals surface area contributed by atoms with E-state index in [1.165, 1.54) is 12.4 Å². The van der Waals surface area contributed by atoms with E-state index in [0.717, 1.165) is 16.7 Å². The van der Waals surface area contributed by atoms with Gasteiger partial charge in [-0.3, -0.25) is 9.78 Å². The summed E-state index contributed by atoms with van der Waals surface area (Å²) in [6.07, 6.45) is 6.51. The number of hydrogen-bond donors (Lipinski definition) is 1. The van der Waals surface area contributed by atoms with Crippen LogP contribution in [0.5, 0.6) is 11.5 Å². The highest BCUT2D eigenvalue weighted by Crippen LogP contribution is 2.29. The number of nitrogens with zero attached hydrogens (tertiary/aromatic N) is 3. The fraction of sp³-hybridized carbons (Fsp3) is 0.120. The average molecular weight is 426 g/mol. The summed E-state index contributed by atoms with van der Waals surface area (Å²) in [6.45, 7) is 0.744. The minimum absolute atomic E-state index is 0.249. The van der Waals surface area contributed by atoms with E-state index in [1.54, 1.807) is 19.5 Å². The molecule has 2 aromatic heterocycles. The molecule has 2 heterocycles. The molecule has 32 heavy (non-hydrogen) atoms. The second-order valence-electron chi connectivity index (χ2n) is 6.97. The fourth-order valence-electron chi connectivity index (χ4n) is 3.05. The SMILES string of the molecule is COc1cc(CNC(=O)c2cnc(-c3ccccc3)nc2)ccc1OCc1ccncc1. The smallest absolute Gasteiger partial charge is 0.254 e. The lowest BCUT2D eigenvalue weighted by molar-refractivity contribution is 0.0950. The molecular formula is C25H22N4O3. The Morgan fingerprint density at radius 3 is 2.38 bits per heavy atom. The van der Waals surface area contributed by atoms with Gasteiger partial charge in [0.1, 0.15) is 6.61 Å². The first-order valence-corrected chi connectivity index (χ1v) is 10.1. The molecule has 0 fully saturated rings. The van der Waals surface area contributed by atoms with Gasteiger partial charge in [-0.15, -0.1) is 0 Å². The predicted octanol–water partition coefficient (Wildman–Crippen LogP) is 4.06. The molecule has 4 rings (SSSR count). The van der Waals surface area contributed by atoms with Gasteiger partial charge in [-0.1, -0.05) is 36.4 Å². The van der Waals surface area contributed by atoms with Crippen LogP contribution in [0.2, 0.25) is 0 Å². The van der Waals surface area contributed by atoms with Crippen LogP contribution in [0.15, 0.2) is 85.5 Å². The van der Waals surface area contributed by atoms with E-state index < -0.39 is 0 Å². The topological polar surface area (TPSA) is 86.2 Å². The number of carbonyl (C=O) groups excluding carboxylic acids is 1. The molecule has 0 saturated carbocycles. The lowest BCUT2D eigenvalue weighted by atomic mass is 10.2. The van der Waals surface area contributed by atoms with Gasteiger partial charge in [-0.05, 0) is 35.4 Å². The second kappa shape index (κ2) is 10.2. The van der Waals surface area contributed by atoms with Crippen LogP contribution >= 0.6 is 0 Å². The van der Waals surface area contributed by atoms with Gasteiger partial charge in [0.2, 0.25) is 0 Å². The predicted molar refractivity (Wildman–Crippen MR) is 120 cm³/mol. The molecule has 2 aromatic carbocycles. The van der Waals surface area contributed by atoms with Crippen molar-refractivity contribution in [3.8, 4) is 22.9 Å². The summed E-state index contributed by atoms with van der Waals surface area (Å²) in [5.41, 5.74) is 3.19. The summed E-state index contributed by atoms with van der Waals surface area (Å²) in [4.78, 5) is 25.1. The van der Waals surface area contributed by atoms with Crippen molar-refractivity contribution in [3.63, 3.8) is 0 Å². The van der Waals surface area contributed by atoms with Crippen molar-refractivity contribution in [3.05, 3.63) is 102 Å². The third-order valence-corrected chi connectivity index (χ3v) is 4.77. The number of methoxy groups -OCH3 is 1. The van der Waals surface area contributed by atoms with Crippen molar-refractivity contribution in [2.45, 2.75) is 13.2 Å². The number of rotatable bonds is 8. The first-order valence-electron chi connectivity index (χ1n) is 10.1. The van der Waals surface area contributed by atoms with Crippen LogP contribution in [0.1, 0.15) is 21.5 Å². The van der Waals surface area contributed by atoms with Crippen LogP contribution in [0.25, 0.3) is 11.4 Å². The average Bonchev–Trinajstić information content (AvgIpc) is 2.87. The van der Waals surface area contributed by atoms with Crippen molar-refractivity contribution in [1.29, 1.82) is 0 Å². The number of hydrogen-bond acceptors (Lipinski definition) is 6. The quantitative estimate of drug-likeness (QED) is 0.457. The van der Waals surface area contributed by atoms with Crippen LogP contribution < -0.4 is 14.8 Å². The Morgan fingerprint density at radius 2 is 1.66 bits per heavy atom. The standard InChI is InChI=1S/C25H22N4O3/c1-31-23-13-19(7-8-22(23)32-17-18-9-11-26-12-10-18)14-29-25(30)21-15-27-24(28-16-21)20-5-3-2-4-6-20/h2-13,15-16H,14,17H2,1H3,(H,29,30). The molecule has 0 aliphatic carbocycles. The number of aromatic nitrogens is 3. The maximum Gasteiger partial charge on any atom is 0.254 e. The number of nitrogens with one attached hydrogen (secondary N) is 1. The Bertz CT molecular complexity index is 1170. The number of ether oxygens (including phenoxy) is 2. The Kier molecular flexibility index (Phi) is 6.67. The molecule has 0 spiro atoms. The molecule has 1 amide bonds. The van der Waals surface area contributed by atoms with E-state index in [-0.39, 0.29) is 5.91 Å². The fourth-order valence-corrected chi connectivity index (χ4v) is 3.05. The molecule has 7 heteroatoms. The molecule has 160 valence electrons. The second-order valence-corrected chi connectivity index (χ2v) is 6.97. The Morgan fingerprint density at radius 1 is 0.906 bits per heavy atom. The summed E-state index contributed by atoms with van der Waals surface area (Å²) < 4.78 is 11.3. The third-order valence-electron chi connectivity index (χ3n) is 4.77. The zero-order chi connectivity index (χ0) is 22.2. The molecule has 0 saturated heterocycles. The van der Waals surface area contributed by atoms with Gasteiger partial charge in [-0.25, -0.2) is 9.97 Å². The molecular weight excluding hydrogens is 404 g/mol. The maximum atomic E-state index is 12.5. The molecule has 0 aliphatic heterocycles. The van der Waals surface area contributed by atoms with Crippen molar-refractivity contribution >= 4 is 5.91 Å². The summed E-state index contributed by atoms with van der Waals surface area (Å²) >= 11 is 0. The molecule has 1 N–H and O–H groups in total. The molecule has 0 bridgehead atoms. The molecule has 0 unspecified atom stereocenters. The van der Waals surface area contributed by atoms with Gasteiger partial charge in [0.25, 0.3) is 5.91 Å². The summed E-state index contributed by atoms with van der Waals surface area (Å²) in [7, 11) is 1.59. The number of amides is 1. The minimum atomic E-state index is -0.249.